The zero-order valence-corrected chi connectivity index (χ0v) is 46.6. The van der Waals surface area contributed by atoms with Crippen molar-refractivity contribution < 1.29 is 42.9 Å². The number of nitrogens with zero attached hydrogens (tertiary/aromatic N) is 2. The van der Waals surface area contributed by atoms with Gasteiger partial charge >= 0.3 is 17.9 Å². The highest BCUT2D eigenvalue weighted by Crippen LogP contribution is 2.19. The first kappa shape index (κ1) is 67.2. The van der Waals surface area contributed by atoms with Crippen molar-refractivity contribution >= 4 is 23.8 Å². The van der Waals surface area contributed by atoms with Crippen LogP contribution >= 0.6 is 0 Å². The summed E-state index contributed by atoms with van der Waals surface area (Å²) in [4.78, 5) is 57.4. The molecule has 0 saturated carbocycles. The average molecular weight is 992 g/mol. The van der Waals surface area contributed by atoms with E-state index >= 15 is 0 Å². The molecular weight excluding hydrogens is 881 g/mol. The van der Waals surface area contributed by atoms with E-state index in [1.807, 2.05) is 19.0 Å². The number of ether oxygens (including phenoxy) is 5. The van der Waals surface area contributed by atoms with Crippen molar-refractivity contribution in [3.8, 4) is 0 Å². The Morgan fingerprint density at radius 3 is 1.41 bits per heavy atom. The van der Waals surface area contributed by atoms with Crippen LogP contribution in [0.4, 0.5) is 0 Å². The first-order chi connectivity index (χ1) is 34.1. The van der Waals surface area contributed by atoms with E-state index < -0.39 is 18.3 Å². The monoisotopic (exact) mass is 991 g/mol. The molecule has 1 unspecified atom stereocenters. The minimum atomic E-state index is -0.597. The summed E-state index contributed by atoms with van der Waals surface area (Å²) in [6, 6.07) is -0.597. The van der Waals surface area contributed by atoms with Gasteiger partial charge in [-0.15, -0.1) is 0 Å². The summed E-state index contributed by atoms with van der Waals surface area (Å²) in [7, 11) is 4.08. The number of allylic oxidation sites excluding steroid dienone is 4. The quantitative estimate of drug-likeness (QED) is 0.0191. The van der Waals surface area contributed by atoms with Gasteiger partial charge in [0.15, 0.2) is 6.29 Å². The summed E-state index contributed by atoms with van der Waals surface area (Å²) in [5, 5.41) is 0. The predicted octanol–water partition coefficient (Wildman–Crippen LogP) is 15.0. The third-order valence-corrected chi connectivity index (χ3v) is 12.7. The Kier molecular flexibility index (Phi) is 49.1. The molecule has 0 spiro atoms. The maximum Gasteiger partial charge on any atom is 0.306 e. The van der Waals surface area contributed by atoms with Crippen molar-refractivity contribution in [3.05, 3.63) is 24.3 Å². The molecule has 1 atom stereocenters. The second-order valence-electron chi connectivity index (χ2n) is 19.8. The molecule has 0 aliphatic carbocycles. The molecule has 1 amide bonds. The lowest BCUT2D eigenvalue weighted by atomic mass is 10.0. The molecule has 11 nitrogen and oxygen atoms in total. The number of carbonyl (C=O) groups excluding carboxylic acids is 4. The summed E-state index contributed by atoms with van der Waals surface area (Å²) < 4.78 is 30.1. The molecule has 0 N–H and O–H groups in total. The maximum atomic E-state index is 14.0. The molecule has 0 radical (unpaired) electrons. The van der Waals surface area contributed by atoms with Crippen LogP contribution in [0, 0.1) is 0 Å². The lowest BCUT2D eigenvalue weighted by Gasteiger charge is -2.32. The molecule has 70 heavy (non-hydrogen) atoms. The van der Waals surface area contributed by atoms with Gasteiger partial charge in [-0.25, -0.2) is 0 Å². The molecule has 0 aromatic carbocycles. The van der Waals surface area contributed by atoms with Crippen LogP contribution in [-0.2, 0) is 42.9 Å². The van der Waals surface area contributed by atoms with Crippen LogP contribution in [0.2, 0.25) is 0 Å². The lowest BCUT2D eigenvalue weighted by molar-refractivity contribution is -0.162. The van der Waals surface area contributed by atoms with Gasteiger partial charge in [-0.3, -0.25) is 19.2 Å². The molecule has 410 valence electrons. The van der Waals surface area contributed by atoms with Gasteiger partial charge in [0, 0.05) is 45.4 Å². The molecule has 0 rings (SSSR count). The van der Waals surface area contributed by atoms with Crippen LogP contribution in [0.5, 0.6) is 0 Å². The molecule has 0 fully saturated rings. The fraction of sp³-hybridized carbons (Fsp3) is 0.864. The van der Waals surface area contributed by atoms with Crippen LogP contribution in [0.3, 0.4) is 0 Å². The summed E-state index contributed by atoms with van der Waals surface area (Å²) in [5.41, 5.74) is 0. The van der Waals surface area contributed by atoms with E-state index in [4.69, 9.17) is 23.7 Å². The van der Waals surface area contributed by atoms with Gasteiger partial charge in [0.25, 0.3) is 0 Å². The van der Waals surface area contributed by atoms with Crippen LogP contribution in [-0.4, -0.2) is 106 Å². The third-order valence-electron chi connectivity index (χ3n) is 12.7. The fourth-order valence-corrected chi connectivity index (χ4v) is 8.35. The number of amides is 1. The molecule has 11 heteroatoms. The minimum Gasteiger partial charge on any atom is -0.463 e. The summed E-state index contributed by atoms with van der Waals surface area (Å²) in [6.45, 7) is 13.3. The van der Waals surface area contributed by atoms with Crippen LogP contribution in [0.25, 0.3) is 0 Å². The van der Waals surface area contributed by atoms with Crippen LogP contribution < -0.4 is 0 Å². The highest BCUT2D eigenvalue weighted by molar-refractivity contribution is 5.77. The van der Waals surface area contributed by atoms with Crippen molar-refractivity contribution in [2.24, 2.45) is 0 Å². The van der Waals surface area contributed by atoms with Crippen LogP contribution in [0.1, 0.15) is 259 Å². The van der Waals surface area contributed by atoms with Crippen molar-refractivity contribution in [1.82, 2.24) is 9.80 Å². The smallest absolute Gasteiger partial charge is 0.306 e. The molecule has 0 aliphatic rings. The van der Waals surface area contributed by atoms with E-state index in [1.165, 1.54) is 57.8 Å². The van der Waals surface area contributed by atoms with Crippen molar-refractivity contribution in [3.63, 3.8) is 0 Å². The Morgan fingerprint density at radius 1 is 0.443 bits per heavy atom. The molecule has 0 bridgehead atoms. The number of esters is 3. The Bertz CT molecular complexity index is 1240. The van der Waals surface area contributed by atoms with Gasteiger partial charge < -0.3 is 33.5 Å². The Balaban J connectivity index is 5.60. The highest BCUT2D eigenvalue weighted by Gasteiger charge is 2.27. The number of carbonyl (C=O) groups is 4. The zero-order chi connectivity index (χ0) is 51.6. The lowest BCUT2D eigenvalue weighted by Crippen LogP contribution is -2.47. The SMILES string of the molecule is CC/C=C\CCCCOC(CCC(=O)OCC(COC(=O)CCCCCCC(=O)OC(CCCCCC)CCCCCC)N(CCCCN(C)C)C(=O)CCCCCCCC)OCCCC/C=C\CC. The molecule has 0 saturated heterocycles. The maximum absolute atomic E-state index is 14.0. The van der Waals surface area contributed by atoms with E-state index in [2.05, 4.69) is 63.8 Å². The van der Waals surface area contributed by atoms with Crippen molar-refractivity contribution in [2.45, 2.75) is 278 Å². The molecule has 0 aromatic rings. The van der Waals surface area contributed by atoms with Crippen molar-refractivity contribution in [2.75, 3.05) is 53.6 Å². The highest BCUT2D eigenvalue weighted by atomic mass is 16.7. The van der Waals surface area contributed by atoms with Gasteiger partial charge in [-0.1, -0.05) is 142 Å². The van der Waals surface area contributed by atoms with Crippen molar-refractivity contribution in [1.29, 1.82) is 0 Å². The molecule has 0 heterocycles. The van der Waals surface area contributed by atoms with Gasteiger partial charge in [-0.05, 0) is 130 Å². The number of rotatable bonds is 52. The van der Waals surface area contributed by atoms with E-state index in [1.54, 1.807) is 0 Å². The predicted molar refractivity (Wildman–Crippen MR) is 290 cm³/mol. The second-order valence-corrected chi connectivity index (χ2v) is 19.8. The number of unbranched alkanes of at least 4 members (excludes halogenated alkanes) is 19. The molecular formula is C59H110N2O9. The summed E-state index contributed by atoms with van der Waals surface area (Å²) >= 11 is 0. The topological polar surface area (TPSA) is 121 Å². The standard InChI is InChI=1S/C59H110N2O9/c1-8-13-18-23-26-33-42-55(62)61(48-37-36-47-60(6)7)53(52-69-57(64)45-46-59(66-49-38-29-24-19-14-9-2)67-50-39-30-25-20-15-10-3)51-68-56(63)43-34-27-28-35-44-58(65)70-54(40-31-21-16-11-4)41-32-22-17-12-5/h14-15,19-20,53-54,59H,8-13,16-18,21-52H2,1-7H3/b19-14-,20-15-. The van der Waals surface area contributed by atoms with E-state index in [-0.39, 0.29) is 50.0 Å². The van der Waals surface area contributed by atoms with Gasteiger partial charge in [0.05, 0.1) is 12.5 Å². The Hall–Kier alpha value is -2.76. The molecule has 0 aromatic heterocycles. The third kappa shape index (κ3) is 44.0. The largest absolute Gasteiger partial charge is 0.463 e. The van der Waals surface area contributed by atoms with Gasteiger partial charge in [-0.2, -0.15) is 0 Å². The summed E-state index contributed by atoms with van der Waals surface area (Å²) in [5.74, 6) is -0.825. The first-order valence-corrected chi connectivity index (χ1v) is 29.1. The first-order valence-electron chi connectivity index (χ1n) is 29.1. The van der Waals surface area contributed by atoms with Gasteiger partial charge in [0.2, 0.25) is 5.91 Å². The number of hydrogen-bond acceptors (Lipinski definition) is 10. The summed E-state index contributed by atoms with van der Waals surface area (Å²) in [6.07, 6.45) is 40.3. The fourth-order valence-electron chi connectivity index (χ4n) is 8.35. The minimum absolute atomic E-state index is 0.00695. The molecule has 0 aliphatic heterocycles. The Morgan fingerprint density at radius 2 is 0.900 bits per heavy atom. The normalized spacial score (nSPS) is 12.3. The average Bonchev–Trinajstić information content (AvgIpc) is 3.34. The second kappa shape index (κ2) is 51.2. The van der Waals surface area contributed by atoms with Crippen LogP contribution in [0.15, 0.2) is 24.3 Å². The Labute approximate surface area is 430 Å². The van der Waals surface area contributed by atoms with E-state index in [9.17, 15) is 19.2 Å². The number of hydrogen-bond donors (Lipinski definition) is 0. The zero-order valence-electron chi connectivity index (χ0n) is 46.6. The van der Waals surface area contributed by atoms with Gasteiger partial charge in [0.1, 0.15) is 19.3 Å². The van der Waals surface area contributed by atoms with E-state index in [0.29, 0.717) is 45.4 Å². The van der Waals surface area contributed by atoms with E-state index in [0.717, 1.165) is 135 Å².